The van der Waals surface area contributed by atoms with Crippen LogP contribution in [0, 0.1) is 0 Å². The maximum atomic E-state index is 3.51. The van der Waals surface area contributed by atoms with Crippen molar-refractivity contribution in [1.29, 1.82) is 0 Å². The maximum Gasteiger partial charge on any atom is 0.0399 e. The highest BCUT2D eigenvalue weighted by Gasteiger charge is 2.14. The van der Waals surface area contributed by atoms with Gasteiger partial charge in [0.05, 0.1) is 0 Å². The standard InChI is InChI=1S/C12H16BrN/c13-8-7-11-5-1-2-6-12(11)14-9-3-4-10-14/h1-2,5-6H,3-4,7-10H2. The van der Waals surface area contributed by atoms with Gasteiger partial charge in [-0.25, -0.2) is 0 Å². The molecule has 0 amide bonds. The molecule has 76 valence electrons. The summed E-state index contributed by atoms with van der Waals surface area (Å²) in [6.07, 6.45) is 3.83. The van der Waals surface area contributed by atoms with Gasteiger partial charge in [0.1, 0.15) is 0 Å². The Bertz CT molecular complexity index is 292. The van der Waals surface area contributed by atoms with E-state index in [0.717, 1.165) is 11.8 Å². The first kappa shape index (κ1) is 10.0. The molecule has 0 unspecified atom stereocenters. The normalized spacial score (nSPS) is 16.2. The van der Waals surface area contributed by atoms with Gasteiger partial charge in [-0.05, 0) is 30.9 Å². The Morgan fingerprint density at radius 1 is 1.14 bits per heavy atom. The number of hydrogen-bond acceptors (Lipinski definition) is 1. The number of nitrogens with zero attached hydrogens (tertiary/aromatic N) is 1. The minimum Gasteiger partial charge on any atom is -0.371 e. The molecule has 1 nitrogen and oxygen atoms in total. The Morgan fingerprint density at radius 2 is 1.86 bits per heavy atom. The molecule has 0 aliphatic carbocycles. The van der Waals surface area contributed by atoms with Crippen molar-refractivity contribution in [2.45, 2.75) is 19.3 Å². The van der Waals surface area contributed by atoms with Gasteiger partial charge in [0, 0.05) is 24.1 Å². The SMILES string of the molecule is BrCCc1ccccc1N1CCCC1. The molecule has 0 aromatic heterocycles. The maximum absolute atomic E-state index is 3.51. The van der Waals surface area contributed by atoms with Gasteiger partial charge in [0.15, 0.2) is 0 Å². The lowest BCUT2D eigenvalue weighted by molar-refractivity contribution is 0.949. The Hall–Kier alpha value is -0.500. The van der Waals surface area contributed by atoms with Crippen LogP contribution in [-0.2, 0) is 6.42 Å². The summed E-state index contributed by atoms with van der Waals surface area (Å²) in [6.45, 7) is 2.47. The molecule has 1 fully saturated rings. The number of hydrogen-bond donors (Lipinski definition) is 0. The fraction of sp³-hybridized carbons (Fsp3) is 0.500. The van der Waals surface area contributed by atoms with Gasteiger partial charge in [-0.3, -0.25) is 0 Å². The van der Waals surface area contributed by atoms with Crippen molar-refractivity contribution < 1.29 is 0 Å². The molecule has 0 spiro atoms. The smallest absolute Gasteiger partial charge is 0.0399 e. The molecule has 1 saturated heterocycles. The summed E-state index contributed by atoms with van der Waals surface area (Å²) < 4.78 is 0. The molecule has 0 radical (unpaired) electrons. The van der Waals surface area contributed by atoms with Crippen LogP contribution in [0.3, 0.4) is 0 Å². The van der Waals surface area contributed by atoms with Crippen LogP contribution in [-0.4, -0.2) is 18.4 Å². The average Bonchev–Trinajstić information content (AvgIpc) is 2.72. The number of benzene rings is 1. The third-order valence-electron chi connectivity index (χ3n) is 2.80. The van der Waals surface area contributed by atoms with Crippen LogP contribution >= 0.6 is 15.9 Å². The number of alkyl halides is 1. The minimum absolute atomic E-state index is 1.05. The lowest BCUT2D eigenvalue weighted by Gasteiger charge is -2.20. The van der Waals surface area contributed by atoms with Gasteiger partial charge in [0.2, 0.25) is 0 Å². The van der Waals surface area contributed by atoms with Crippen LogP contribution in [0.1, 0.15) is 18.4 Å². The second-order valence-corrected chi connectivity index (χ2v) is 4.55. The number of rotatable bonds is 3. The summed E-state index contributed by atoms with van der Waals surface area (Å²) in [6, 6.07) is 8.78. The second kappa shape index (κ2) is 4.83. The van der Waals surface area contributed by atoms with E-state index in [2.05, 4.69) is 45.1 Å². The number of aryl methyl sites for hydroxylation is 1. The van der Waals surface area contributed by atoms with Crippen molar-refractivity contribution in [3.63, 3.8) is 0 Å². The molecule has 1 aliphatic rings. The van der Waals surface area contributed by atoms with E-state index in [0.29, 0.717) is 0 Å². The topological polar surface area (TPSA) is 3.24 Å². The summed E-state index contributed by atoms with van der Waals surface area (Å²) in [7, 11) is 0. The van der Waals surface area contributed by atoms with E-state index in [1.165, 1.54) is 37.2 Å². The molecule has 1 heterocycles. The van der Waals surface area contributed by atoms with Crippen LogP contribution in [0.15, 0.2) is 24.3 Å². The summed E-state index contributed by atoms with van der Waals surface area (Å²) >= 11 is 3.51. The van der Waals surface area contributed by atoms with E-state index in [-0.39, 0.29) is 0 Å². The predicted octanol–water partition coefficient (Wildman–Crippen LogP) is 3.22. The fourth-order valence-corrected chi connectivity index (χ4v) is 2.52. The van der Waals surface area contributed by atoms with Gasteiger partial charge < -0.3 is 4.90 Å². The summed E-state index contributed by atoms with van der Waals surface area (Å²) in [5.41, 5.74) is 2.93. The highest BCUT2D eigenvalue weighted by Crippen LogP contribution is 2.24. The zero-order valence-corrected chi connectivity index (χ0v) is 9.96. The van der Waals surface area contributed by atoms with Crippen LogP contribution in [0.25, 0.3) is 0 Å². The summed E-state index contributed by atoms with van der Waals surface area (Å²) in [5.74, 6) is 0. The predicted molar refractivity (Wildman–Crippen MR) is 65.4 cm³/mol. The highest BCUT2D eigenvalue weighted by molar-refractivity contribution is 9.09. The highest BCUT2D eigenvalue weighted by atomic mass is 79.9. The van der Waals surface area contributed by atoms with E-state index >= 15 is 0 Å². The van der Waals surface area contributed by atoms with E-state index in [9.17, 15) is 0 Å². The van der Waals surface area contributed by atoms with Gasteiger partial charge in [-0.15, -0.1) is 0 Å². The third kappa shape index (κ3) is 2.11. The largest absolute Gasteiger partial charge is 0.371 e. The van der Waals surface area contributed by atoms with Crippen molar-refractivity contribution in [3.8, 4) is 0 Å². The molecular weight excluding hydrogens is 238 g/mol. The first-order valence-electron chi connectivity index (χ1n) is 5.30. The molecule has 1 aliphatic heterocycles. The number of para-hydroxylation sites is 1. The zero-order chi connectivity index (χ0) is 9.80. The van der Waals surface area contributed by atoms with Crippen molar-refractivity contribution in [1.82, 2.24) is 0 Å². The Morgan fingerprint density at radius 3 is 2.57 bits per heavy atom. The zero-order valence-electron chi connectivity index (χ0n) is 8.38. The summed E-state index contributed by atoms with van der Waals surface area (Å²) in [4.78, 5) is 2.51. The van der Waals surface area contributed by atoms with E-state index < -0.39 is 0 Å². The molecule has 0 saturated carbocycles. The van der Waals surface area contributed by atoms with Crippen molar-refractivity contribution in [2.24, 2.45) is 0 Å². The molecule has 14 heavy (non-hydrogen) atoms. The van der Waals surface area contributed by atoms with Crippen molar-refractivity contribution >= 4 is 21.6 Å². The van der Waals surface area contributed by atoms with Crippen molar-refractivity contribution in [2.75, 3.05) is 23.3 Å². The molecule has 0 atom stereocenters. The van der Waals surface area contributed by atoms with Crippen molar-refractivity contribution in [3.05, 3.63) is 29.8 Å². The minimum atomic E-state index is 1.05. The second-order valence-electron chi connectivity index (χ2n) is 3.76. The monoisotopic (exact) mass is 253 g/mol. The first-order chi connectivity index (χ1) is 6.92. The number of halogens is 1. The molecular formula is C12H16BrN. The molecule has 1 aromatic carbocycles. The Labute approximate surface area is 94.2 Å². The van der Waals surface area contributed by atoms with Crippen LogP contribution in [0.4, 0.5) is 5.69 Å². The van der Waals surface area contributed by atoms with Gasteiger partial charge >= 0.3 is 0 Å². The Kier molecular flexibility index (Phi) is 3.46. The molecule has 1 aromatic rings. The van der Waals surface area contributed by atoms with E-state index in [1.807, 2.05) is 0 Å². The molecule has 0 N–H and O–H groups in total. The van der Waals surface area contributed by atoms with Crippen LogP contribution in [0.2, 0.25) is 0 Å². The fourth-order valence-electron chi connectivity index (χ4n) is 2.09. The first-order valence-corrected chi connectivity index (χ1v) is 6.43. The van der Waals surface area contributed by atoms with Crippen LogP contribution < -0.4 is 4.90 Å². The Balaban J connectivity index is 2.21. The molecule has 2 heteroatoms. The van der Waals surface area contributed by atoms with Gasteiger partial charge in [0.25, 0.3) is 0 Å². The van der Waals surface area contributed by atoms with E-state index in [1.54, 1.807) is 0 Å². The van der Waals surface area contributed by atoms with Gasteiger partial charge in [-0.1, -0.05) is 34.1 Å². The lowest BCUT2D eigenvalue weighted by atomic mass is 10.1. The quantitative estimate of drug-likeness (QED) is 0.748. The number of anilines is 1. The molecule has 2 rings (SSSR count). The third-order valence-corrected chi connectivity index (χ3v) is 3.20. The van der Waals surface area contributed by atoms with E-state index in [4.69, 9.17) is 0 Å². The average molecular weight is 254 g/mol. The lowest BCUT2D eigenvalue weighted by Crippen LogP contribution is -2.19. The van der Waals surface area contributed by atoms with Crippen LogP contribution in [0.5, 0.6) is 0 Å². The molecule has 0 bridgehead atoms. The summed E-state index contributed by atoms with van der Waals surface area (Å²) in [5, 5.41) is 1.05. The van der Waals surface area contributed by atoms with Gasteiger partial charge in [-0.2, -0.15) is 0 Å².